The van der Waals surface area contributed by atoms with Crippen molar-refractivity contribution in [3.8, 4) is 0 Å². The molecule has 0 aliphatic heterocycles. The Bertz CT molecular complexity index is 762. The normalized spacial score (nSPS) is 18.1. The van der Waals surface area contributed by atoms with Gasteiger partial charge in [0.05, 0.1) is 26.1 Å². The molecule has 5 heteroatoms. The summed E-state index contributed by atoms with van der Waals surface area (Å²) < 4.78 is 2.14. The van der Waals surface area contributed by atoms with E-state index in [1.54, 1.807) is 22.7 Å². The predicted octanol–water partition coefficient (Wildman–Crippen LogP) is 5.50. The van der Waals surface area contributed by atoms with Crippen molar-refractivity contribution in [1.82, 2.24) is 4.98 Å². The van der Waals surface area contributed by atoms with Crippen molar-refractivity contribution in [2.24, 2.45) is 0 Å². The van der Waals surface area contributed by atoms with E-state index in [4.69, 9.17) is 11.6 Å². The molecule has 102 valence electrons. The Morgan fingerprint density at radius 2 is 2.25 bits per heavy atom. The largest absolute Gasteiger partial charge is 0.378 e. The summed E-state index contributed by atoms with van der Waals surface area (Å²) in [4.78, 5) is 5.76. The molecule has 0 fully saturated rings. The van der Waals surface area contributed by atoms with Gasteiger partial charge in [-0.05, 0) is 49.1 Å². The first-order chi connectivity index (χ1) is 9.79. The molecule has 1 unspecified atom stereocenters. The van der Waals surface area contributed by atoms with E-state index in [1.165, 1.54) is 40.1 Å². The van der Waals surface area contributed by atoms with Gasteiger partial charge in [0.15, 0.2) is 0 Å². The zero-order valence-electron chi connectivity index (χ0n) is 10.7. The fraction of sp³-hybridized carbons (Fsp3) is 0.267. The third-order valence-electron chi connectivity index (χ3n) is 3.76. The molecule has 4 rings (SSSR count). The Kier molecular flexibility index (Phi) is 3.17. The fourth-order valence-corrected chi connectivity index (χ4v) is 4.92. The summed E-state index contributed by atoms with van der Waals surface area (Å²) in [6.07, 6.45) is 3.56. The number of fused-ring (bicyclic) bond motifs is 2. The molecule has 0 radical (unpaired) electrons. The molecule has 1 aliphatic carbocycles. The highest BCUT2D eigenvalue weighted by Crippen LogP contribution is 2.39. The maximum absolute atomic E-state index is 6.17. The lowest BCUT2D eigenvalue weighted by molar-refractivity contribution is 0.609. The number of hydrogen-bond acceptors (Lipinski definition) is 4. The summed E-state index contributed by atoms with van der Waals surface area (Å²) in [5, 5.41) is 3.66. The average Bonchev–Trinajstić information content (AvgIpc) is 3.04. The van der Waals surface area contributed by atoms with Gasteiger partial charge in [-0.1, -0.05) is 11.6 Å². The minimum atomic E-state index is 0.382. The molecule has 0 saturated heterocycles. The monoisotopic (exact) mass is 320 g/mol. The first-order valence-electron chi connectivity index (χ1n) is 6.67. The van der Waals surface area contributed by atoms with Gasteiger partial charge in [0.2, 0.25) is 0 Å². The van der Waals surface area contributed by atoms with Crippen molar-refractivity contribution in [1.29, 1.82) is 0 Å². The number of thiophene rings is 1. The Balaban J connectivity index is 1.65. The number of benzene rings is 1. The number of thiazole rings is 1. The van der Waals surface area contributed by atoms with Gasteiger partial charge >= 0.3 is 0 Å². The predicted molar refractivity (Wildman–Crippen MR) is 88.3 cm³/mol. The van der Waals surface area contributed by atoms with E-state index in [0.29, 0.717) is 6.04 Å². The smallest absolute Gasteiger partial charge is 0.0934 e. The van der Waals surface area contributed by atoms with Crippen LogP contribution in [0.15, 0.2) is 29.8 Å². The summed E-state index contributed by atoms with van der Waals surface area (Å²) in [6.45, 7) is 0. The second kappa shape index (κ2) is 5.02. The Hall–Kier alpha value is -1.10. The van der Waals surface area contributed by atoms with Crippen molar-refractivity contribution in [2.75, 3.05) is 5.32 Å². The number of halogens is 1. The first-order valence-corrected chi connectivity index (χ1v) is 8.75. The van der Waals surface area contributed by atoms with Crippen molar-refractivity contribution in [3.05, 3.63) is 44.6 Å². The van der Waals surface area contributed by atoms with E-state index in [9.17, 15) is 0 Å². The Morgan fingerprint density at radius 3 is 3.20 bits per heavy atom. The highest BCUT2D eigenvalue weighted by atomic mass is 35.5. The maximum Gasteiger partial charge on any atom is 0.0934 e. The molecular formula is C15H13ClN2S2. The van der Waals surface area contributed by atoms with E-state index < -0.39 is 0 Å². The molecular weight excluding hydrogens is 308 g/mol. The van der Waals surface area contributed by atoms with Crippen LogP contribution in [0.5, 0.6) is 0 Å². The lowest BCUT2D eigenvalue weighted by Gasteiger charge is -2.24. The van der Waals surface area contributed by atoms with E-state index in [2.05, 4.69) is 34.6 Å². The summed E-state index contributed by atoms with van der Waals surface area (Å²) >= 11 is 9.58. The molecule has 1 atom stereocenters. The zero-order chi connectivity index (χ0) is 13.5. The van der Waals surface area contributed by atoms with Crippen LogP contribution >= 0.6 is 34.3 Å². The topological polar surface area (TPSA) is 24.9 Å². The SMILES string of the molecule is Clc1cc2c(s1)CCCC2Nc1ccc2ncsc2c1. The molecule has 1 aliphatic rings. The molecule has 2 heterocycles. The summed E-state index contributed by atoms with van der Waals surface area (Å²) in [5.74, 6) is 0. The van der Waals surface area contributed by atoms with Crippen LogP contribution in [0.1, 0.15) is 29.3 Å². The van der Waals surface area contributed by atoms with Crippen LogP contribution < -0.4 is 5.32 Å². The number of nitrogens with one attached hydrogen (secondary N) is 1. The third kappa shape index (κ3) is 2.22. The minimum absolute atomic E-state index is 0.382. The van der Waals surface area contributed by atoms with E-state index in [1.807, 2.05) is 5.51 Å². The molecule has 0 amide bonds. The van der Waals surface area contributed by atoms with Crippen molar-refractivity contribution in [2.45, 2.75) is 25.3 Å². The maximum atomic E-state index is 6.17. The summed E-state index contributed by atoms with van der Waals surface area (Å²) in [6, 6.07) is 8.90. The van der Waals surface area contributed by atoms with Gasteiger partial charge in [-0.15, -0.1) is 22.7 Å². The third-order valence-corrected chi connectivity index (χ3v) is 5.89. The lowest BCUT2D eigenvalue weighted by atomic mass is 9.94. The van der Waals surface area contributed by atoms with Gasteiger partial charge < -0.3 is 5.32 Å². The van der Waals surface area contributed by atoms with Gasteiger partial charge in [-0.25, -0.2) is 4.98 Å². The number of hydrogen-bond donors (Lipinski definition) is 1. The number of nitrogens with zero attached hydrogens (tertiary/aromatic N) is 1. The Morgan fingerprint density at radius 1 is 1.30 bits per heavy atom. The Labute approximate surface area is 130 Å². The van der Waals surface area contributed by atoms with Crippen molar-refractivity contribution in [3.63, 3.8) is 0 Å². The second-order valence-corrected chi connectivity index (χ2v) is 7.71. The fourth-order valence-electron chi connectivity index (χ4n) is 2.82. The highest BCUT2D eigenvalue weighted by Gasteiger charge is 2.22. The molecule has 2 nitrogen and oxygen atoms in total. The van der Waals surface area contributed by atoms with Crippen molar-refractivity contribution >= 4 is 50.2 Å². The number of aryl methyl sites for hydroxylation is 1. The molecule has 0 spiro atoms. The van der Waals surface area contributed by atoms with Crippen LogP contribution in [-0.4, -0.2) is 4.98 Å². The molecule has 1 N–H and O–H groups in total. The highest BCUT2D eigenvalue weighted by molar-refractivity contribution is 7.16. The van der Waals surface area contributed by atoms with E-state index in [-0.39, 0.29) is 0 Å². The summed E-state index contributed by atoms with van der Waals surface area (Å²) in [7, 11) is 0. The molecule has 20 heavy (non-hydrogen) atoms. The van der Waals surface area contributed by atoms with Gasteiger partial charge in [-0.2, -0.15) is 0 Å². The van der Waals surface area contributed by atoms with E-state index in [0.717, 1.165) is 9.85 Å². The molecule has 1 aromatic carbocycles. The number of aromatic nitrogens is 1. The molecule has 0 bridgehead atoms. The standard InChI is InChI=1S/C15H13ClN2S2/c16-15-7-10-11(2-1-3-13(10)20-15)18-9-4-5-12-14(6-9)19-8-17-12/h4-8,11,18H,1-3H2. The zero-order valence-corrected chi connectivity index (χ0v) is 13.1. The van der Waals surface area contributed by atoms with Crippen LogP contribution in [0, 0.1) is 0 Å². The van der Waals surface area contributed by atoms with Gasteiger partial charge in [0.1, 0.15) is 0 Å². The quantitative estimate of drug-likeness (QED) is 0.674. The molecule has 3 aromatic rings. The van der Waals surface area contributed by atoms with Crippen molar-refractivity contribution < 1.29 is 0 Å². The van der Waals surface area contributed by atoms with Crippen LogP contribution in [-0.2, 0) is 6.42 Å². The first kappa shape index (κ1) is 12.6. The second-order valence-electron chi connectivity index (χ2n) is 5.05. The molecule has 0 saturated carbocycles. The van der Waals surface area contributed by atoms with Gasteiger partial charge in [0.25, 0.3) is 0 Å². The van der Waals surface area contributed by atoms with Crippen LogP contribution in [0.25, 0.3) is 10.2 Å². The summed E-state index contributed by atoms with van der Waals surface area (Å²) in [5.41, 5.74) is 5.52. The lowest BCUT2D eigenvalue weighted by Crippen LogP contribution is -2.15. The van der Waals surface area contributed by atoms with Gasteiger partial charge in [-0.3, -0.25) is 0 Å². The van der Waals surface area contributed by atoms with E-state index >= 15 is 0 Å². The minimum Gasteiger partial charge on any atom is -0.378 e. The molecule has 2 aromatic heterocycles. The van der Waals surface area contributed by atoms with Gasteiger partial charge in [0, 0.05) is 10.6 Å². The number of rotatable bonds is 2. The number of anilines is 1. The van der Waals surface area contributed by atoms with Crippen LogP contribution in [0.4, 0.5) is 5.69 Å². The average molecular weight is 321 g/mol. The van der Waals surface area contributed by atoms with Crippen LogP contribution in [0.2, 0.25) is 4.34 Å². The van der Waals surface area contributed by atoms with Crippen LogP contribution in [0.3, 0.4) is 0 Å².